The molecule has 0 saturated heterocycles. The van der Waals surface area contributed by atoms with Crippen molar-refractivity contribution in [3.8, 4) is 0 Å². The van der Waals surface area contributed by atoms with E-state index in [9.17, 15) is 4.79 Å². The number of unbranched alkanes of at least 4 members (excludes halogenated alkanes) is 13. The molecule has 212 valence electrons. The zero-order valence-corrected chi connectivity index (χ0v) is 25.4. The number of rotatable bonds is 19. The molecule has 5 heteroatoms. The van der Waals surface area contributed by atoms with Crippen molar-refractivity contribution in [2.45, 2.75) is 103 Å². The van der Waals surface area contributed by atoms with Crippen LogP contribution in [0, 0.1) is 0 Å². The number of Topliss-reactive ketones (excluding diaryl/α,β-unsaturated/α-hetero) is 1. The molecule has 0 aliphatic heterocycles. The van der Waals surface area contributed by atoms with Gasteiger partial charge in [0.25, 0.3) is 0 Å². The number of ketones is 1. The van der Waals surface area contributed by atoms with Crippen LogP contribution in [-0.4, -0.2) is 30.9 Å². The third-order valence-corrected chi connectivity index (χ3v) is 7.21. The molecule has 1 atom stereocenters. The molecule has 0 heterocycles. The Labute approximate surface area is 240 Å². The Kier molecular flexibility index (Phi) is 23.0. The molecule has 1 unspecified atom stereocenters. The molecule has 0 aliphatic carbocycles. The number of carbonyl (C=O) groups excluding carboxylic acids is 1. The van der Waals surface area contributed by atoms with Gasteiger partial charge in [-0.25, -0.2) is 0 Å². The van der Waals surface area contributed by atoms with Crippen LogP contribution in [0.1, 0.15) is 119 Å². The molecule has 2 rings (SSSR count). The molecule has 0 aromatic heterocycles. The maximum Gasteiger partial charge on any atom is 0.224 e. The molecular weight excluding hydrogens is 499 g/mol. The van der Waals surface area contributed by atoms with Crippen molar-refractivity contribution in [3.05, 3.63) is 71.8 Å². The summed E-state index contributed by atoms with van der Waals surface area (Å²) in [5.74, 6) is 0.224. The summed E-state index contributed by atoms with van der Waals surface area (Å²) in [4.78, 5) is 13.5. The topological polar surface area (TPSA) is 52.1 Å². The Morgan fingerprint density at radius 3 is 1.46 bits per heavy atom. The van der Waals surface area contributed by atoms with Crippen molar-refractivity contribution in [2.75, 3.05) is 20.6 Å². The van der Waals surface area contributed by atoms with E-state index in [-0.39, 0.29) is 42.8 Å². The van der Waals surface area contributed by atoms with Gasteiger partial charge >= 0.3 is 0 Å². The van der Waals surface area contributed by atoms with Gasteiger partial charge in [-0.1, -0.05) is 145 Å². The summed E-state index contributed by atoms with van der Waals surface area (Å²) in [6.45, 7) is 3.31. The SMILES string of the molecule is CCCCCCCCCCCCCCCC[N+](C)(C)C(C(=O)c1ccccc1)c1ccccc1.Cl.N.[Cl-]. The van der Waals surface area contributed by atoms with E-state index in [4.69, 9.17) is 0 Å². The lowest BCUT2D eigenvalue weighted by Crippen LogP contribution is -3.00. The second kappa shape index (κ2) is 22.6. The normalized spacial score (nSPS) is 11.5. The Morgan fingerprint density at radius 2 is 1.03 bits per heavy atom. The van der Waals surface area contributed by atoms with Crippen molar-refractivity contribution < 1.29 is 21.7 Å². The highest BCUT2D eigenvalue weighted by atomic mass is 35.5. The van der Waals surface area contributed by atoms with Gasteiger partial charge < -0.3 is 23.0 Å². The van der Waals surface area contributed by atoms with Crippen LogP contribution >= 0.6 is 12.4 Å². The van der Waals surface area contributed by atoms with E-state index in [0.29, 0.717) is 4.48 Å². The summed E-state index contributed by atoms with van der Waals surface area (Å²) in [7, 11) is 4.45. The standard InChI is InChI=1S/C32H50NO.2ClH.H3N/c1-4-5-6-7-8-9-10-11-12-13-14-15-16-23-28-33(2,3)31(29-24-19-17-20-25-29)32(34)30-26-21-18-22-27-30;;;/h17-22,24-27,31H,4-16,23,28H2,1-3H3;2*1H;1H3/q+1;;;/p-1. The van der Waals surface area contributed by atoms with Gasteiger partial charge in [-0.05, 0) is 12.8 Å². The van der Waals surface area contributed by atoms with Gasteiger partial charge in [-0.15, -0.1) is 12.4 Å². The predicted octanol–water partition coefficient (Wildman–Crippen LogP) is 6.76. The number of halogens is 2. The molecule has 0 radical (unpaired) electrons. The summed E-state index contributed by atoms with van der Waals surface area (Å²) in [5.41, 5.74) is 1.93. The minimum Gasteiger partial charge on any atom is -1.00 e. The highest BCUT2D eigenvalue weighted by Gasteiger charge is 2.36. The second-order valence-electron chi connectivity index (χ2n) is 10.6. The maximum absolute atomic E-state index is 13.5. The van der Waals surface area contributed by atoms with Crippen molar-refractivity contribution in [3.63, 3.8) is 0 Å². The van der Waals surface area contributed by atoms with Crippen LogP contribution in [0.25, 0.3) is 0 Å². The van der Waals surface area contributed by atoms with E-state index >= 15 is 0 Å². The number of nitrogens with zero attached hydrogens (tertiary/aromatic N) is 1. The van der Waals surface area contributed by atoms with Gasteiger partial charge in [0.2, 0.25) is 5.78 Å². The average molecular weight is 554 g/mol. The van der Waals surface area contributed by atoms with Crippen LogP contribution < -0.4 is 18.6 Å². The Balaban J connectivity index is 0. The maximum atomic E-state index is 13.5. The zero-order chi connectivity index (χ0) is 24.5. The van der Waals surface area contributed by atoms with Crippen molar-refractivity contribution in [2.24, 2.45) is 0 Å². The second-order valence-corrected chi connectivity index (χ2v) is 10.6. The number of hydrogen-bond donors (Lipinski definition) is 1. The molecule has 0 aliphatic rings. The van der Waals surface area contributed by atoms with Crippen molar-refractivity contribution >= 4 is 18.2 Å². The molecule has 37 heavy (non-hydrogen) atoms. The van der Waals surface area contributed by atoms with E-state index in [1.54, 1.807) is 0 Å². The third kappa shape index (κ3) is 15.0. The molecule has 3 nitrogen and oxygen atoms in total. The summed E-state index contributed by atoms with van der Waals surface area (Å²) in [5, 5.41) is 0. The van der Waals surface area contributed by atoms with E-state index in [2.05, 4.69) is 33.2 Å². The molecular formula is C32H54Cl2N2O. The first-order chi connectivity index (χ1) is 16.6. The Morgan fingerprint density at radius 1 is 0.649 bits per heavy atom. The van der Waals surface area contributed by atoms with Crippen molar-refractivity contribution in [1.29, 1.82) is 0 Å². The predicted molar refractivity (Wildman–Crippen MR) is 160 cm³/mol. The smallest absolute Gasteiger partial charge is 0.224 e. The van der Waals surface area contributed by atoms with Crippen LogP contribution in [-0.2, 0) is 0 Å². The first kappa shape index (κ1) is 37.8. The number of quaternary nitrogens is 1. The van der Waals surface area contributed by atoms with Gasteiger partial charge in [0, 0.05) is 11.1 Å². The zero-order valence-electron chi connectivity index (χ0n) is 23.8. The largest absolute Gasteiger partial charge is 1.00 e. The average Bonchev–Trinajstić information content (AvgIpc) is 2.85. The Hall–Kier alpha value is -1.39. The van der Waals surface area contributed by atoms with Gasteiger partial charge in [0.05, 0.1) is 20.6 Å². The first-order valence-electron chi connectivity index (χ1n) is 14.0. The minimum absolute atomic E-state index is 0. The van der Waals surface area contributed by atoms with E-state index < -0.39 is 0 Å². The van der Waals surface area contributed by atoms with Crippen LogP contribution in [0.3, 0.4) is 0 Å². The fourth-order valence-corrected chi connectivity index (χ4v) is 5.11. The molecule has 0 spiro atoms. The monoisotopic (exact) mass is 552 g/mol. The summed E-state index contributed by atoms with van der Waals surface area (Å²) in [6, 6.07) is 20.0. The summed E-state index contributed by atoms with van der Waals surface area (Å²) >= 11 is 0. The first-order valence-corrected chi connectivity index (χ1v) is 14.0. The lowest BCUT2D eigenvalue weighted by molar-refractivity contribution is -0.911. The quantitative estimate of drug-likeness (QED) is 0.119. The summed E-state index contributed by atoms with van der Waals surface area (Å²) < 4.78 is 0.704. The lowest BCUT2D eigenvalue weighted by atomic mass is 9.94. The lowest BCUT2D eigenvalue weighted by Gasteiger charge is -2.37. The fraction of sp³-hybridized carbons (Fsp3) is 0.594. The van der Waals surface area contributed by atoms with E-state index in [0.717, 1.165) is 17.7 Å². The molecule has 0 saturated carbocycles. The molecule has 2 aromatic carbocycles. The third-order valence-electron chi connectivity index (χ3n) is 7.21. The van der Waals surface area contributed by atoms with Gasteiger partial charge in [-0.2, -0.15) is 0 Å². The highest BCUT2D eigenvalue weighted by Crippen LogP contribution is 2.30. The molecule has 3 N–H and O–H groups in total. The van der Waals surface area contributed by atoms with Crippen LogP contribution in [0.2, 0.25) is 0 Å². The van der Waals surface area contributed by atoms with Gasteiger partial charge in [0.1, 0.15) is 0 Å². The molecule has 0 bridgehead atoms. The van der Waals surface area contributed by atoms with Crippen LogP contribution in [0.4, 0.5) is 0 Å². The molecule has 0 fully saturated rings. The highest BCUT2D eigenvalue weighted by molar-refractivity contribution is 5.99. The number of carbonyl (C=O) groups is 1. The van der Waals surface area contributed by atoms with Gasteiger partial charge in [-0.3, -0.25) is 4.79 Å². The van der Waals surface area contributed by atoms with Crippen LogP contribution in [0.15, 0.2) is 60.7 Å². The van der Waals surface area contributed by atoms with E-state index in [1.165, 1.54) is 89.9 Å². The van der Waals surface area contributed by atoms with Crippen LogP contribution in [0.5, 0.6) is 0 Å². The Bertz CT molecular complexity index is 784. The van der Waals surface area contributed by atoms with E-state index in [1.807, 2.05) is 48.5 Å². The minimum atomic E-state index is -0.162. The number of hydrogen-bond acceptors (Lipinski definition) is 2. The number of likely N-dealkylation sites (N-methyl/N-ethyl adjacent to an activating group) is 1. The summed E-state index contributed by atoms with van der Waals surface area (Å²) in [6.07, 6.45) is 19.2. The fourth-order valence-electron chi connectivity index (χ4n) is 5.11. The molecule has 2 aromatic rings. The number of benzene rings is 2. The van der Waals surface area contributed by atoms with Crippen molar-refractivity contribution in [1.82, 2.24) is 6.15 Å². The van der Waals surface area contributed by atoms with Gasteiger partial charge in [0.15, 0.2) is 6.04 Å². The molecule has 0 amide bonds.